The molecule has 2 rings (SSSR count). The Labute approximate surface area is 89.6 Å². The second-order valence-electron chi connectivity index (χ2n) is 3.79. The maximum absolute atomic E-state index is 5.95. The van der Waals surface area contributed by atoms with Gasteiger partial charge in [0.2, 0.25) is 0 Å². The van der Waals surface area contributed by atoms with Crippen molar-refractivity contribution in [3.8, 4) is 0 Å². The molecule has 0 saturated carbocycles. The smallest absolute Gasteiger partial charge is 0.0409 e. The van der Waals surface area contributed by atoms with Crippen LogP contribution in [-0.4, -0.2) is 6.04 Å². The van der Waals surface area contributed by atoms with Crippen LogP contribution in [0, 0.1) is 0 Å². The van der Waals surface area contributed by atoms with Crippen LogP contribution in [0.2, 0.25) is 5.02 Å². The molecule has 1 aliphatic carbocycles. The second-order valence-corrected chi connectivity index (χ2v) is 4.22. The summed E-state index contributed by atoms with van der Waals surface area (Å²) < 4.78 is 0. The average Bonchev–Trinajstić information content (AvgIpc) is 2.16. The Bertz CT molecular complexity index is 380. The van der Waals surface area contributed by atoms with Gasteiger partial charge in [-0.15, -0.1) is 0 Å². The highest BCUT2D eigenvalue weighted by atomic mass is 35.5. The lowest BCUT2D eigenvalue weighted by molar-refractivity contribution is 0.897. The van der Waals surface area contributed by atoms with Crippen molar-refractivity contribution in [3.05, 3.63) is 40.4 Å². The van der Waals surface area contributed by atoms with Crippen LogP contribution in [0.25, 0.3) is 5.57 Å². The zero-order valence-corrected chi connectivity index (χ0v) is 9.01. The maximum atomic E-state index is 5.95. The largest absolute Gasteiger partial charge is 0.324 e. The molecule has 1 aliphatic rings. The fourth-order valence-corrected chi connectivity index (χ4v) is 2.17. The van der Waals surface area contributed by atoms with Crippen molar-refractivity contribution in [2.75, 3.05) is 0 Å². The lowest BCUT2D eigenvalue weighted by Crippen LogP contribution is -2.19. The molecule has 14 heavy (non-hydrogen) atoms. The number of aryl methyl sites for hydroxylation is 1. The first-order chi connectivity index (χ1) is 6.68. The van der Waals surface area contributed by atoms with Gasteiger partial charge in [0.1, 0.15) is 0 Å². The number of hydrogen-bond donors (Lipinski definition) is 1. The Morgan fingerprint density at radius 2 is 2.21 bits per heavy atom. The fourth-order valence-electron chi connectivity index (χ4n) is 1.98. The zero-order chi connectivity index (χ0) is 10.1. The van der Waals surface area contributed by atoms with Gasteiger partial charge in [0.05, 0.1) is 0 Å². The topological polar surface area (TPSA) is 26.0 Å². The molecule has 1 aromatic rings. The van der Waals surface area contributed by atoms with Crippen LogP contribution >= 0.6 is 11.6 Å². The molecule has 0 amide bonds. The summed E-state index contributed by atoms with van der Waals surface area (Å²) >= 11 is 5.95. The highest BCUT2D eigenvalue weighted by Gasteiger charge is 2.15. The van der Waals surface area contributed by atoms with Crippen LogP contribution in [0.5, 0.6) is 0 Å². The van der Waals surface area contributed by atoms with Crippen LogP contribution in [0.15, 0.2) is 24.3 Å². The quantitative estimate of drug-likeness (QED) is 0.753. The van der Waals surface area contributed by atoms with Gasteiger partial charge in [0, 0.05) is 11.1 Å². The van der Waals surface area contributed by atoms with Gasteiger partial charge in [-0.1, -0.05) is 23.7 Å². The third-order valence-electron chi connectivity index (χ3n) is 2.65. The third-order valence-corrected chi connectivity index (χ3v) is 2.88. The molecule has 2 N–H and O–H groups in total. The first-order valence-electron chi connectivity index (χ1n) is 4.93. The van der Waals surface area contributed by atoms with Crippen molar-refractivity contribution in [3.63, 3.8) is 0 Å². The van der Waals surface area contributed by atoms with E-state index < -0.39 is 0 Å². The Balaban J connectivity index is 2.49. The van der Waals surface area contributed by atoms with Gasteiger partial charge in [0.15, 0.2) is 0 Å². The summed E-state index contributed by atoms with van der Waals surface area (Å²) in [6, 6.07) is 6.16. The van der Waals surface area contributed by atoms with Gasteiger partial charge in [-0.3, -0.25) is 0 Å². The minimum absolute atomic E-state index is 0.107. The molecule has 1 nitrogen and oxygen atoms in total. The number of rotatable bonds is 1. The lowest BCUT2D eigenvalue weighted by Gasteiger charge is -2.20. The van der Waals surface area contributed by atoms with Crippen molar-refractivity contribution in [2.24, 2.45) is 5.73 Å². The number of fused-ring (bicyclic) bond motifs is 1. The summed E-state index contributed by atoms with van der Waals surface area (Å²) in [5, 5.41) is 0.815. The molecule has 0 heterocycles. The van der Waals surface area contributed by atoms with Gasteiger partial charge >= 0.3 is 0 Å². The van der Waals surface area contributed by atoms with E-state index in [1.165, 1.54) is 16.7 Å². The van der Waals surface area contributed by atoms with E-state index in [0.29, 0.717) is 0 Å². The summed E-state index contributed by atoms with van der Waals surface area (Å²) in [6.07, 6.45) is 4.39. The zero-order valence-electron chi connectivity index (χ0n) is 8.26. The lowest BCUT2D eigenvalue weighted by atomic mass is 9.88. The molecular weight excluding hydrogens is 194 g/mol. The van der Waals surface area contributed by atoms with E-state index in [-0.39, 0.29) is 6.04 Å². The molecule has 0 aromatic heterocycles. The van der Waals surface area contributed by atoms with E-state index in [4.69, 9.17) is 17.3 Å². The first kappa shape index (κ1) is 9.75. The highest BCUT2D eigenvalue weighted by Crippen LogP contribution is 2.29. The Kier molecular flexibility index (Phi) is 2.62. The van der Waals surface area contributed by atoms with E-state index >= 15 is 0 Å². The standard InChI is InChI=1S/C12H14ClN/c1-8(14)11-4-2-3-9-7-10(13)5-6-12(9)11/h4-8H,2-3,14H2,1H3. The SMILES string of the molecule is CC(N)C1=CCCc2cc(Cl)ccc21. The van der Waals surface area contributed by atoms with Gasteiger partial charge in [-0.2, -0.15) is 0 Å². The van der Waals surface area contributed by atoms with Gasteiger partial charge in [-0.25, -0.2) is 0 Å². The molecule has 1 atom stereocenters. The average molecular weight is 208 g/mol. The van der Waals surface area contributed by atoms with Gasteiger partial charge < -0.3 is 5.73 Å². The van der Waals surface area contributed by atoms with Crippen LogP contribution in [0.1, 0.15) is 24.5 Å². The number of halogens is 1. The summed E-state index contributed by atoms with van der Waals surface area (Å²) in [4.78, 5) is 0. The predicted octanol–water partition coefficient (Wildman–Crippen LogP) is 3.02. The summed E-state index contributed by atoms with van der Waals surface area (Å²) in [5.41, 5.74) is 9.77. The van der Waals surface area contributed by atoms with E-state index in [1.807, 2.05) is 19.1 Å². The normalized spacial score (nSPS) is 17.2. The van der Waals surface area contributed by atoms with E-state index in [0.717, 1.165) is 17.9 Å². The second kappa shape index (κ2) is 3.76. The molecule has 1 unspecified atom stereocenters. The molecule has 1 aromatic carbocycles. The summed E-state index contributed by atoms with van der Waals surface area (Å²) in [7, 11) is 0. The Morgan fingerprint density at radius 1 is 1.43 bits per heavy atom. The van der Waals surface area contributed by atoms with E-state index in [9.17, 15) is 0 Å². The molecule has 74 valence electrons. The number of nitrogens with two attached hydrogens (primary N) is 1. The van der Waals surface area contributed by atoms with E-state index in [2.05, 4.69) is 12.1 Å². The monoisotopic (exact) mass is 207 g/mol. The molecule has 0 spiro atoms. The predicted molar refractivity (Wildman–Crippen MR) is 61.4 cm³/mol. The number of allylic oxidation sites excluding steroid dienone is 1. The molecule has 0 fully saturated rings. The minimum atomic E-state index is 0.107. The number of benzene rings is 1. The van der Waals surface area contributed by atoms with Crippen LogP contribution in [0.4, 0.5) is 0 Å². The summed E-state index contributed by atoms with van der Waals surface area (Å²) in [6.45, 7) is 2.02. The Hall–Kier alpha value is -0.790. The van der Waals surface area contributed by atoms with Crippen LogP contribution in [-0.2, 0) is 6.42 Å². The fraction of sp³-hybridized carbons (Fsp3) is 0.333. The first-order valence-corrected chi connectivity index (χ1v) is 5.30. The van der Waals surface area contributed by atoms with Crippen molar-refractivity contribution >= 4 is 17.2 Å². The van der Waals surface area contributed by atoms with Gasteiger partial charge in [-0.05, 0) is 48.6 Å². The summed E-state index contributed by atoms with van der Waals surface area (Å²) in [5.74, 6) is 0. The van der Waals surface area contributed by atoms with Crippen molar-refractivity contribution < 1.29 is 0 Å². The highest BCUT2D eigenvalue weighted by molar-refractivity contribution is 6.30. The van der Waals surface area contributed by atoms with E-state index in [1.54, 1.807) is 0 Å². The van der Waals surface area contributed by atoms with Crippen molar-refractivity contribution in [1.29, 1.82) is 0 Å². The molecule has 2 heteroatoms. The van der Waals surface area contributed by atoms with Crippen LogP contribution in [0.3, 0.4) is 0 Å². The number of hydrogen-bond acceptors (Lipinski definition) is 1. The minimum Gasteiger partial charge on any atom is -0.324 e. The molecule has 0 bridgehead atoms. The Morgan fingerprint density at radius 3 is 2.93 bits per heavy atom. The van der Waals surface area contributed by atoms with Crippen LogP contribution < -0.4 is 5.73 Å². The molecular formula is C12H14ClN. The molecule has 0 radical (unpaired) electrons. The maximum Gasteiger partial charge on any atom is 0.0409 e. The van der Waals surface area contributed by atoms with Crippen molar-refractivity contribution in [2.45, 2.75) is 25.8 Å². The molecule has 0 saturated heterocycles. The third kappa shape index (κ3) is 1.70. The van der Waals surface area contributed by atoms with Crippen molar-refractivity contribution in [1.82, 2.24) is 0 Å². The molecule has 0 aliphatic heterocycles. The van der Waals surface area contributed by atoms with Gasteiger partial charge in [0.25, 0.3) is 0 Å².